The van der Waals surface area contributed by atoms with Crippen LogP contribution in [0.2, 0.25) is 0 Å². The van der Waals surface area contributed by atoms with E-state index in [1.54, 1.807) is 12.0 Å². The van der Waals surface area contributed by atoms with Crippen LogP contribution in [-0.2, 0) is 4.79 Å². The molecule has 2 saturated heterocycles. The summed E-state index contributed by atoms with van der Waals surface area (Å²) in [5, 5.41) is 3.02. The highest BCUT2D eigenvalue weighted by molar-refractivity contribution is 5.96. The summed E-state index contributed by atoms with van der Waals surface area (Å²) in [5.74, 6) is 0.796. The van der Waals surface area contributed by atoms with Crippen molar-refractivity contribution in [1.82, 2.24) is 10.2 Å². The highest BCUT2D eigenvalue weighted by atomic mass is 16.5. The number of ether oxygens (including phenoxy) is 1. The van der Waals surface area contributed by atoms with Gasteiger partial charge in [0.1, 0.15) is 5.75 Å². The lowest BCUT2D eigenvalue weighted by molar-refractivity contribution is -0.902. The molecule has 2 aliphatic heterocycles. The zero-order chi connectivity index (χ0) is 17.8. The first-order valence-electron chi connectivity index (χ1n) is 8.94. The van der Waals surface area contributed by atoms with Gasteiger partial charge in [0.25, 0.3) is 0 Å². The third-order valence-electron chi connectivity index (χ3n) is 5.09. The number of benzene rings is 1. The zero-order valence-electron chi connectivity index (χ0n) is 15.0. The van der Waals surface area contributed by atoms with E-state index < -0.39 is 0 Å². The van der Waals surface area contributed by atoms with Gasteiger partial charge in [0.15, 0.2) is 0 Å². The first-order chi connectivity index (χ1) is 12.1. The molecule has 0 radical (unpaired) electrons. The molecule has 25 heavy (non-hydrogen) atoms. The number of quaternary nitrogens is 1. The van der Waals surface area contributed by atoms with Crippen LogP contribution in [0.15, 0.2) is 24.3 Å². The Hall–Kier alpha value is -2.28. The number of amides is 3. The normalized spacial score (nSPS) is 21.5. The van der Waals surface area contributed by atoms with Gasteiger partial charge in [-0.2, -0.15) is 0 Å². The molecule has 1 atom stereocenters. The van der Waals surface area contributed by atoms with Crippen molar-refractivity contribution in [2.24, 2.45) is 0 Å². The zero-order valence-corrected chi connectivity index (χ0v) is 15.0. The van der Waals surface area contributed by atoms with Gasteiger partial charge in [-0.05, 0) is 31.2 Å². The standard InChI is InChI=1S/C18H26N4O3/c1-3-20-8-10-21(11-9-20)18(24)19-14-12-17(23)22(13-14)15-4-6-16(25-2)7-5-15/h4-7,14H,3,8-13H2,1-2H3,(H,19,24)/p+1/t14-/m0/s1. The molecule has 0 saturated carbocycles. The summed E-state index contributed by atoms with van der Waals surface area (Å²) >= 11 is 0. The third-order valence-corrected chi connectivity index (χ3v) is 5.09. The molecule has 0 aliphatic carbocycles. The van der Waals surface area contributed by atoms with Crippen molar-refractivity contribution in [3.63, 3.8) is 0 Å². The van der Waals surface area contributed by atoms with Gasteiger partial charge in [-0.25, -0.2) is 4.79 Å². The first kappa shape index (κ1) is 17.5. The minimum absolute atomic E-state index is 0.0377. The monoisotopic (exact) mass is 347 g/mol. The topological polar surface area (TPSA) is 66.3 Å². The predicted octanol–water partition coefficient (Wildman–Crippen LogP) is -0.269. The average molecular weight is 347 g/mol. The van der Waals surface area contributed by atoms with E-state index in [9.17, 15) is 9.59 Å². The fourth-order valence-electron chi connectivity index (χ4n) is 3.46. The molecule has 2 aliphatic rings. The Balaban J connectivity index is 1.54. The molecule has 1 aromatic rings. The molecule has 0 bridgehead atoms. The van der Waals surface area contributed by atoms with Crippen LogP contribution in [0.4, 0.5) is 10.5 Å². The second-order valence-corrected chi connectivity index (χ2v) is 6.64. The lowest BCUT2D eigenvalue weighted by Gasteiger charge is -2.32. The number of urea groups is 1. The minimum Gasteiger partial charge on any atom is -0.497 e. The van der Waals surface area contributed by atoms with E-state index in [0.29, 0.717) is 13.0 Å². The van der Waals surface area contributed by atoms with Crippen LogP contribution >= 0.6 is 0 Å². The molecule has 3 amide bonds. The summed E-state index contributed by atoms with van der Waals surface area (Å²) in [6.45, 7) is 7.32. The highest BCUT2D eigenvalue weighted by Gasteiger charge is 2.33. The van der Waals surface area contributed by atoms with Crippen LogP contribution in [-0.4, -0.2) is 69.3 Å². The van der Waals surface area contributed by atoms with Gasteiger partial charge < -0.3 is 24.8 Å². The molecule has 7 nitrogen and oxygen atoms in total. The Kier molecular flexibility index (Phi) is 5.43. The van der Waals surface area contributed by atoms with Gasteiger partial charge in [0.2, 0.25) is 5.91 Å². The number of hydrogen-bond acceptors (Lipinski definition) is 3. The van der Waals surface area contributed by atoms with Crippen LogP contribution in [0, 0.1) is 0 Å². The van der Waals surface area contributed by atoms with Crippen molar-refractivity contribution in [1.29, 1.82) is 0 Å². The van der Waals surface area contributed by atoms with Crippen molar-refractivity contribution in [2.75, 3.05) is 51.3 Å². The van der Waals surface area contributed by atoms with E-state index in [4.69, 9.17) is 4.74 Å². The number of hydrogen-bond donors (Lipinski definition) is 2. The summed E-state index contributed by atoms with van der Waals surface area (Å²) in [6, 6.07) is 7.22. The maximum absolute atomic E-state index is 12.4. The molecule has 3 rings (SSSR count). The maximum atomic E-state index is 12.4. The number of anilines is 1. The number of nitrogens with zero attached hydrogens (tertiary/aromatic N) is 2. The van der Waals surface area contributed by atoms with Gasteiger partial charge in [0.05, 0.1) is 45.9 Å². The number of methoxy groups -OCH3 is 1. The number of piperazine rings is 1. The van der Waals surface area contributed by atoms with Gasteiger partial charge >= 0.3 is 6.03 Å². The van der Waals surface area contributed by atoms with Crippen molar-refractivity contribution in [2.45, 2.75) is 19.4 Å². The van der Waals surface area contributed by atoms with Crippen LogP contribution in [0.5, 0.6) is 5.75 Å². The lowest BCUT2D eigenvalue weighted by Crippen LogP contribution is -3.14. The number of carbonyl (C=O) groups is 2. The summed E-state index contributed by atoms with van der Waals surface area (Å²) in [5.41, 5.74) is 0.836. The molecule has 2 fully saturated rings. The largest absolute Gasteiger partial charge is 0.497 e. The number of carbonyl (C=O) groups excluding carboxylic acids is 2. The van der Waals surface area contributed by atoms with Gasteiger partial charge in [-0.1, -0.05) is 0 Å². The van der Waals surface area contributed by atoms with Crippen molar-refractivity contribution in [3.8, 4) is 5.75 Å². The van der Waals surface area contributed by atoms with E-state index in [0.717, 1.165) is 44.2 Å². The Bertz CT molecular complexity index is 611. The summed E-state index contributed by atoms with van der Waals surface area (Å²) < 4.78 is 5.15. The fourth-order valence-corrected chi connectivity index (χ4v) is 3.46. The van der Waals surface area contributed by atoms with E-state index in [1.807, 2.05) is 29.2 Å². The molecular formula is C18H27N4O3+. The summed E-state index contributed by atoms with van der Waals surface area (Å²) in [6.07, 6.45) is 0.345. The Morgan fingerprint density at radius 1 is 1.28 bits per heavy atom. The summed E-state index contributed by atoms with van der Waals surface area (Å²) in [4.78, 5) is 29.9. The average Bonchev–Trinajstić information content (AvgIpc) is 3.02. The second-order valence-electron chi connectivity index (χ2n) is 6.64. The smallest absolute Gasteiger partial charge is 0.318 e. The van der Waals surface area contributed by atoms with Crippen LogP contribution in [0.3, 0.4) is 0 Å². The molecule has 1 aromatic carbocycles. The van der Waals surface area contributed by atoms with E-state index in [-0.39, 0.29) is 18.0 Å². The van der Waals surface area contributed by atoms with Gasteiger partial charge in [-0.15, -0.1) is 0 Å². The Labute approximate surface area is 148 Å². The van der Waals surface area contributed by atoms with Crippen LogP contribution in [0.1, 0.15) is 13.3 Å². The predicted molar refractivity (Wildman–Crippen MR) is 95.1 cm³/mol. The SMILES string of the molecule is CC[NH+]1CCN(C(=O)N[C@H]2CC(=O)N(c3ccc(OC)cc3)C2)CC1. The maximum Gasteiger partial charge on any atom is 0.318 e. The highest BCUT2D eigenvalue weighted by Crippen LogP contribution is 2.24. The van der Waals surface area contributed by atoms with E-state index >= 15 is 0 Å². The Morgan fingerprint density at radius 2 is 1.96 bits per heavy atom. The van der Waals surface area contributed by atoms with E-state index in [2.05, 4.69) is 12.2 Å². The van der Waals surface area contributed by atoms with Crippen LogP contribution in [0.25, 0.3) is 0 Å². The number of likely N-dealkylation sites (N-methyl/N-ethyl adjacent to an activating group) is 1. The molecule has 0 unspecified atom stereocenters. The van der Waals surface area contributed by atoms with Crippen molar-refractivity contribution >= 4 is 17.6 Å². The molecule has 136 valence electrons. The molecular weight excluding hydrogens is 320 g/mol. The molecule has 2 N–H and O–H groups in total. The third kappa shape index (κ3) is 4.04. The van der Waals surface area contributed by atoms with Gasteiger partial charge in [0, 0.05) is 18.7 Å². The van der Waals surface area contributed by atoms with Crippen molar-refractivity contribution < 1.29 is 19.2 Å². The minimum atomic E-state index is -0.140. The van der Waals surface area contributed by atoms with E-state index in [1.165, 1.54) is 4.90 Å². The number of rotatable bonds is 4. The second kappa shape index (κ2) is 7.74. The number of nitrogens with one attached hydrogen (secondary N) is 2. The molecule has 0 aromatic heterocycles. The van der Waals surface area contributed by atoms with Crippen molar-refractivity contribution in [3.05, 3.63) is 24.3 Å². The fraction of sp³-hybridized carbons (Fsp3) is 0.556. The summed E-state index contributed by atoms with van der Waals surface area (Å²) in [7, 11) is 1.61. The van der Waals surface area contributed by atoms with Crippen LogP contribution < -0.4 is 19.9 Å². The lowest BCUT2D eigenvalue weighted by atomic mass is 10.2. The first-order valence-corrected chi connectivity index (χ1v) is 8.94. The Morgan fingerprint density at radius 3 is 2.56 bits per heavy atom. The molecule has 2 heterocycles. The quantitative estimate of drug-likeness (QED) is 0.788. The van der Waals surface area contributed by atoms with Gasteiger partial charge in [-0.3, -0.25) is 4.79 Å². The molecule has 7 heteroatoms. The molecule has 0 spiro atoms.